The number of anilines is 2. The minimum atomic E-state index is -0.515. The highest BCUT2D eigenvalue weighted by Gasteiger charge is 2.29. The monoisotopic (exact) mass is 574 g/mol. The van der Waals surface area contributed by atoms with Crippen molar-refractivity contribution in [1.82, 2.24) is 9.88 Å². The minimum Gasteiger partial charge on any atom is -0.444 e. The molecule has 3 heterocycles. The van der Waals surface area contributed by atoms with Crippen molar-refractivity contribution in [2.24, 2.45) is 5.92 Å². The molecule has 5 rings (SSSR count). The van der Waals surface area contributed by atoms with Crippen LogP contribution < -0.4 is 10.2 Å². The van der Waals surface area contributed by atoms with Gasteiger partial charge < -0.3 is 19.9 Å². The van der Waals surface area contributed by atoms with Crippen molar-refractivity contribution in [3.8, 4) is 11.3 Å². The average Bonchev–Trinajstić information content (AvgIpc) is 3.50. The Morgan fingerprint density at radius 3 is 2.49 bits per heavy atom. The Hall–Kier alpha value is -3.72. The minimum absolute atomic E-state index is 0.0277. The summed E-state index contributed by atoms with van der Waals surface area (Å²) in [6.07, 6.45) is 2.45. The van der Waals surface area contributed by atoms with Crippen molar-refractivity contribution in [3.05, 3.63) is 64.0 Å². The first-order valence-corrected chi connectivity index (χ1v) is 15.1. The van der Waals surface area contributed by atoms with Gasteiger partial charge in [0, 0.05) is 47.7 Å². The SMILES string of the molecule is Cc1ccccc1C(=O)N1CCc2cc(-c3nc(NC(=O)CC4CCN(C(=O)OC(C)(C)C)CC4)sc3C)ccc21. The van der Waals surface area contributed by atoms with E-state index in [0.717, 1.165) is 57.8 Å². The molecule has 1 fully saturated rings. The molecule has 1 N–H and O–H groups in total. The first kappa shape index (κ1) is 28.8. The maximum Gasteiger partial charge on any atom is 0.410 e. The van der Waals surface area contributed by atoms with Crippen molar-refractivity contribution in [2.45, 2.75) is 65.9 Å². The lowest BCUT2D eigenvalue weighted by molar-refractivity contribution is -0.117. The van der Waals surface area contributed by atoms with E-state index < -0.39 is 5.60 Å². The second-order valence-electron chi connectivity index (χ2n) is 12.0. The summed E-state index contributed by atoms with van der Waals surface area (Å²) < 4.78 is 5.47. The van der Waals surface area contributed by atoms with Gasteiger partial charge in [0.05, 0.1) is 5.69 Å². The normalized spacial score (nSPS) is 15.5. The van der Waals surface area contributed by atoms with E-state index in [1.54, 1.807) is 4.90 Å². The van der Waals surface area contributed by atoms with E-state index in [1.165, 1.54) is 11.3 Å². The highest BCUT2D eigenvalue weighted by molar-refractivity contribution is 7.16. The third-order valence-corrected chi connectivity index (χ3v) is 8.54. The number of thiazole rings is 1. The van der Waals surface area contributed by atoms with Gasteiger partial charge in [0.15, 0.2) is 5.13 Å². The average molecular weight is 575 g/mol. The van der Waals surface area contributed by atoms with Gasteiger partial charge in [-0.1, -0.05) is 24.3 Å². The Morgan fingerprint density at radius 2 is 1.78 bits per heavy atom. The number of piperidine rings is 1. The molecule has 2 aliphatic rings. The lowest BCUT2D eigenvalue weighted by atomic mass is 9.93. The predicted octanol–water partition coefficient (Wildman–Crippen LogP) is 6.61. The highest BCUT2D eigenvalue weighted by Crippen LogP contribution is 2.36. The van der Waals surface area contributed by atoms with Crippen molar-refractivity contribution < 1.29 is 19.1 Å². The number of likely N-dealkylation sites (tertiary alicyclic amines) is 1. The fourth-order valence-corrected chi connectivity index (χ4v) is 6.37. The summed E-state index contributed by atoms with van der Waals surface area (Å²) in [5.41, 5.74) is 5.09. The molecule has 41 heavy (non-hydrogen) atoms. The lowest BCUT2D eigenvalue weighted by Gasteiger charge is -2.33. The highest BCUT2D eigenvalue weighted by atomic mass is 32.1. The number of aromatic nitrogens is 1. The molecule has 0 radical (unpaired) electrons. The van der Waals surface area contributed by atoms with Crippen LogP contribution in [0.15, 0.2) is 42.5 Å². The molecule has 0 spiro atoms. The van der Waals surface area contributed by atoms with Crippen LogP contribution in [0.25, 0.3) is 11.3 Å². The molecule has 0 aliphatic carbocycles. The number of rotatable bonds is 5. The van der Waals surface area contributed by atoms with E-state index in [9.17, 15) is 14.4 Å². The van der Waals surface area contributed by atoms with E-state index >= 15 is 0 Å². The van der Waals surface area contributed by atoms with Crippen LogP contribution in [0, 0.1) is 19.8 Å². The topological polar surface area (TPSA) is 91.8 Å². The van der Waals surface area contributed by atoms with Gasteiger partial charge in [0.2, 0.25) is 5.91 Å². The fraction of sp³-hybridized carbons (Fsp3) is 0.438. The Labute approximate surface area is 245 Å². The standard InChI is InChI=1S/C32H38N4O4S/c1-20-8-6-7-9-25(20)29(38)36-17-14-23-19-24(10-11-26(23)36)28-21(2)41-30(34-28)33-27(37)18-22-12-15-35(16-13-22)31(39)40-32(3,4)5/h6-11,19,22H,12-18H2,1-5H3,(H,33,34,37). The zero-order chi connectivity index (χ0) is 29.3. The molecule has 0 saturated carbocycles. The van der Waals surface area contributed by atoms with Gasteiger partial charge in [-0.2, -0.15) is 0 Å². The number of nitrogens with one attached hydrogen (secondary N) is 1. The number of nitrogens with zero attached hydrogens (tertiary/aromatic N) is 3. The van der Waals surface area contributed by atoms with Crippen LogP contribution in [0.1, 0.15) is 66.4 Å². The maximum absolute atomic E-state index is 13.2. The lowest BCUT2D eigenvalue weighted by Crippen LogP contribution is -2.42. The molecule has 9 heteroatoms. The van der Waals surface area contributed by atoms with Crippen LogP contribution in [0.3, 0.4) is 0 Å². The number of fused-ring (bicyclic) bond motifs is 1. The van der Waals surface area contributed by atoms with Crippen molar-refractivity contribution >= 4 is 40.1 Å². The zero-order valence-corrected chi connectivity index (χ0v) is 25.3. The van der Waals surface area contributed by atoms with Gasteiger partial charge in [-0.3, -0.25) is 9.59 Å². The molecule has 1 saturated heterocycles. The van der Waals surface area contributed by atoms with E-state index in [4.69, 9.17) is 9.72 Å². The summed E-state index contributed by atoms with van der Waals surface area (Å²) in [6.45, 7) is 11.4. The third kappa shape index (κ3) is 6.62. The number of hydrogen-bond donors (Lipinski definition) is 1. The second kappa shape index (κ2) is 11.6. The number of benzene rings is 2. The Balaban J connectivity index is 1.19. The Kier molecular flexibility index (Phi) is 8.18. The molecule has 216 valence electrons. The van der Waals surface area contributed by atoms with Crippen LogP contribution in [-0.4, -0.2) is 53.0 Å². The summed E-state index contributed by atoms with van der Waals surface area (Å²) in [5, 5.41) is 3.58. The summed E-state index contributed by atoms with van der Waals surface area (Å²) >= 11 is 1.47. The number of aryl methyl sites for hydroxylation is 2. The molecule has 0 unspecified atom stereocenters. The van der Waals surface area contributed by atoms with Crippen molar-refractivity contribution in [1.29, 1.82) is 0 Å². The van der Waals surface area contributed by atoms with Crippen LogP contribution in [0.2, 0.25) is 0 Å². The maximum atomic E-state index is 13.2. The van der Waals surface area contributed by atoms with Crippen molar-refractivity contribution in [2.75, 3.05) is 29.9 Å². The largest absolute Gasteiger partial charge is 0.444 e. The number of hydrogen-bond acceptors (Lipinski definition) is 6. The summed E-state index contributed by atoms with van der Waals surface area (Å²) in [7, 11) is 0. The van der Waals surface area contributed by atoms with Crippen LogP contribution >= 0.6 is 11.3 Å². The first-order chi connectivity index (χ1) is 19.5. The summed E-state index contributed by atoms with van der Waals surface area (Å²) in [4.78, 5) is 47.8. The number of amides is 3. The van der Waals surface area contributed by atoms with Gasteiger partial charge in [-0.25, -0.2) is 9.78 Å². The van der Waals surface area contributed by atoms with E-state index in [0.29, 0.717) is 31.2 Å². The van der Waals surface area contributed by atoms with Gasteiger partial charge in [-0.05, 0) is 89.1 Å². The molecule has 3 amide bonds. The fourth-order valence-electron chi connectivity index (χ4n) is 5.51. The Morgan fingerprint density at radius 1 is 1.05 bits per heavy atom. The Bertz CT molecular complexity index is 1470. The van der Waals surface area contributed by atoms with Gasteiger partial charge in [0.1, 0.15) is 5.60 Å². The van der Waals surface area contributed by atoms with Crippen molar-refractivity contribution in [3.63, 3.8) is 0 Å². The third-order valence-electron chi connectivity index (χ3n) is 7.65. The van der Waals surface area contributed by atoms with Crippen LogP contribution in [0.5, 0.6) is 0 Å². The summed E-state index contributed by atoms with van der Waals surface area (Å²) in [6, 6.07) is 13.8. The zero-order valence-electron chi connectivity index (χ0n) is 24.5. The van der Waals surface area contributed by atoms with Crippen LogP contribution in [-0.2, 0) is 16.0 Å². The van der Waals surface area contributed by atoms with E-state index in [1.807, 2.05) is 75.9 Å². The second-order valence-corrected chi connectivity index (χ2v) is 13.2. The molecular weight excluding hydrogens is 536 g/mol. The molecule has 0 bridgehead atoms. The van der Waals surface area contributed by atoms with E-state index in [2.05, 4.69) is 11.4 Å². The van der Waals surface area contributed by atoms with Gasteiger partial charge >= 0.3 is 6.09 Å². The molecule has 1 aromatic heterocycles. The number of carbonyl (C=O) groups is 3. The smallest absolute Gasteiger partial charge is 0.410 e. The molecule has 0 atom stereocenters. The van der Waals surface area contributed by atoms with Gasteiger partial charge in [-0.15, -0.1) is 11.3 Å². The number of ether oxygens (including phenoxy) is 1. The predicted molar refractivity (Wildman–Crippen MR) is 163 cm³/mol. The number of carbonyl (C=O) groups excluding carboxylic acids is 3. The molecular formula is C32H38N4O4S. The molecule has 2 aliphatic heterocycles. The van der Waals surface area contributed by atoms with Gasteiger partial charge in [0.25, 0.3) is 5.91 Å². The molecule has 2 aromatic carbocycles. The van der Waals surface area contributed by atoms with E-state index in [-0.39, 0.29) is 23.8 Å². The van der Waals surface area contributed by atoms with Crippen LogP contribution in [0.4, 0.5) is 15.6 Å². The molecule has 3 aromatic rings. The quantitative estimate of drug-likeness (QED) is 0.370. The summed E-state index contributed by atoms with van der Waals surface area (Å²) in [5.74, 6) is 0.191. The molecule has 8 nitrogen and oxygen atoms in total. The first-order valence-electron chi connectivity index (χ1n) is 14.2.